The Hall–Kier alpha value is -0.0900. The maximum atomic E-state index is 4.51. The highest BCUT2D eigenvalue weighted by atomic mass is 127. The Morgan fingerprint density at radius 3 is 2.54 bits per heavy atom. The minimum Gasteiger partial charge on any atom is -0.316 e. The van der Waals surface area contributed by atoms with Crippen LogP contribution in [0.5, 0.6) is 0 Å². The van der Waals surface area contributed by atoms with Crippen LogP contribution in [0.4, 0.5) is 0 Å². The molecule has 0 aromatic rings. The molecule has 0 saturated heterocycles. The van der Waals surface area contributed by atoms with Crippen LogP contribution in [0.25, 0.3) is 0 Å². The zero-order chi connectivity index (χ0) is 10.1. The Morgan fingerprint density at radius 2 is 2.00 bits per heavy atom. The zero-order valence-corrected chi connectivity index (χ0v) is 10.7. The lowest BCUT2D eigenvalue weighted by Crippen LogP contribution is -1.66. The quantitative estimate of drug-likeness (QED) is 0.658. The van der Waals surface area contributed by atoms with Gasteiger partial charge in [-0.2, -0.15) is 0 Å². The van der Waals surface area contributed by atoms with Crippen molar-refractivity contribution in [2.45, 2.75) is 27.2 Å². The SMILES string of the molecule is CC1=CC=C(C)CC=C1.CCOI. The van der Waals surface area contributed by atoms with Gasteiger partial charge >= 0.3 is 0 Å². The summed E-state index contributed by atoms with van der Waals surface area (Å²) in [5.74, 6) is 0. The number of halogens is 1. The summed E-state index contributed by atoms with van der Waals surface area (Å²) in [4.78, 5) is 0. The zero-order valence-electron chi connectivity index (χ0n) is 8.51. The van der Waals surface area contributed by atoms with Crippen molar-refractivity contribution in [1.82, 2.24) is 0 Å². The van der Waals surface area contributed by atoms with Gasteiger partial charge in [-0.25, -0.2) is 0 Å². The number of hydrogen-bond donors (Lipinski definition) is 0. The van der Waals surface area contributed by atoms with Crippen LogP contribution in [0.1, 0.15) is 27.2 Å². The molecule has 1 aliphatic rings. The number of rotatable bonds is 1. The van der Waals surface area contributed by atoms with Gasteiger partial charge in [0, 0.05) is 0 Å². The fourth-order valence-electron chi connectivity index (χ4n) is 0.828. The largest absolute Gasteiger partial charge is 0.316 e. The topological polar surface area (TPSA) is 9.23 Å². The summed E-state index contributed by atoms with van der Waals surface area (Å²) >= 11 is 1.85. The lowest BCUT2D eigenvalue weighted by molar-refractivity contribution is 0.458. The van der Waals surface area contributed by atoms with Crippen molar-refractivity contribution < 1.29 is 3.07 Å². The Kier molecular flexibility index (Phi) is 8.45. The van der Waals surface area contributed by atoms with Gasteiger partial charge in [0.1, 0.15) is 23.0 Å². The molecule has 0 heterocycles. The second kappa shape index (κ2) is 8.51. The summed E-state index contributed by atoms with van der Waals surface area (Å²) in [5, 5.41) is 0. The predicted molar refractivity (Wildman–Crippen MR) is 66.9 cm³/mol. The van der Waals surface area contributed by atoms with E-state index in [0.717, 1.165) is 13.0 Å². The van der Waals surface area contributed by atoms with Gasteiger partial charge in [-0.05, 0) is 27.2 Å². The van der Waals surface area contributed by atoms with Crippen molar-refractivity contribution in [2.75, 3.05) is 6.61 Å². The van der Waals surface area contributed by atoms with Crippen molar-refractivity contribution >= 4 is 23.0 Å². The second-order valence-electron chi connectivity index (χ2n) is 2.93. The summed E-state index contributed by atoms with van der Waals surface area (Å²) in [6.07, 6.45) is 9.79. The molecule has 0 bridgehead atoms. The van der Waals surface area contributed by atoms with Crippen LogP contribution in [0.2, 0.25) is 0 Å². The normalized spacial score (nSPS) is 15.1. The predicted octanol–water partition coefficient (Wildman–Crippen LogP) is 4.21. The van der Waals surface area contributed by atoms with E-state index in [9.17, 15) is 0 Å². The molecule has 74 valence electrons. The average molecular weight is 292 g/mol. The van der Waals surface area contributed by atoms with E-state index in [1.165, 1.54) is 11.1 Å². The molecule has 1 rings (SSSR count). The van der Waals surface area contributed by atoms with Gasteiger partial charge in [-0.3, -0.25) is 0 Å². The minimum atomic E-state index is 0.806. The molecule has 0 unspecified atom stereocenters. The van der Waals surface area contributed by atoms with E-state index >= 15 is 0 Å². The van der Waals surface area contributed by atoms with Gasteiger partial charge in [0.15, 0.2) is 0 Å². The Balaban J connectivity index is 0.000000310. The Morgan fingerprint density at radius 1 is 1.38 bits per heavy atom. The van der Waals surface area contributed by atoms with Crippen molar-refractivity contribution in [3.8, 4) is 0 Å². The van der Waals surface area contributed by atoms with Crippen molar-refractivity contribution in [3.63, 3.8) is 0 Å². The van der Waals surface area contributed by atoms with E-state index in [1.54, 1.807) is 0 Å². The fraction of sp³-hybridized carbons (Fsp3) is 0.455. The lowest BCUT2D eigenvalue weighted by Gasteiger charge is -1.86. The smallest absolute Gasteiger partial charge is 0.109 e. The van der Waals surface area contributed by atoms with E-state index in [-0.39, 0.29) is 0 Å². The van der Waals surface area contributed by atoms with E-state index in [2.05, 4.69) is 41.2 Å². The first-order valence-electron chi connectivity index (χ1n) is 4.44. The van der Waals surface area contributed by atoms with Gasteiger partial charge < -0.3 is 3.07 Å². The molecule has 1 nitrogen and oxygen atoms in total. The highest BCUT2D eigenvalue weighted by Crippen LogP contribution is 2.08. The van der Waals surface area contributed by atoms with E-state index in [1.807, 2.05) is 29.9 Å². The molecular formula is C11H17IO. The summed E-state index contributed by atoms with van der Waals surface area (Å²) in [7, 11) is 0. The second-order valence-corrected chi connectivity index (χ2v) is 3.55. The molecular weight excluding hydrogens is 275 g/mol. The van der Waals surface area contributed by atoms with Crippen LogP contribution in [0.3, 0.4) is 0 Å². The molecule has 0 aliphatic heterocycles. The van der Waals surface area contributed by atoms with Crippen molar-refractivity contribution in [3.05, 3.63) is 35.5 Å². The van der Waals surface area contributed by atoms with Crippen LogP contribution in [0, 0.1) is 0 Å². The molecule has 0 spiro atoms. The van der Waals surface area contributed by atoms with Gasteiger partial charge in [0.25, 0.3) is 0 Å². The maximum Gasteiger partial charge on any atom is 0.109 e. The molecule has 2 heteroatoms. The van der Waals surface area contributed by atoms with Crippen LogP contribution in [-0.2, 0) is 3.07 Å². The summed E-state index contributed by atoms with van der Waals surface area (Å²) in [6.45, 7) is 7.03. The number of hydrogen-bond acceptors (Lipinski definition) is 1. The van der Waals surface area contributed by atoms with Crippen LogP contribution in [0.15, 0.2) is 35.5 Å². The highest BCUT2D eigenvalue weighted by molar-refractivity contribution is 14.1. The highest BCUT2D eigenvalue weighted by Gasteiger charge is 1.88. The molecule has 0 atom stereocenters. The molecule has 0 aromatic heterocycles. The molecule has 0 radical (unpaired) electrons. The lowest BCUT2D eigenvalue weighted by atomic mass is 10.2. The summed E-state index contributed by atoms with van der Waals surface area (Å²) < 4.78 is 4.51. The van der Waals surface area contributed by atoms with Gasteiger partial charge in [0.05, 0.1) is 6.61 Å². The van der Waals surface area contributed by atoms with Gasteiger partial charge in [0.2, 0.25) is 0 Å². The molecule has 13 heavy (non-hydrogen) atoms. The van der Waals surface area contributed by atoms with E-state index < -0.39 is 0 Å². The third-order valence-corrected chi connectivity index (χ3v) is 2.18. The molecule has 0 fully saturated rings. The first kappa shape index (κ1) is 12.9. The first-order chi connectivity index (χ1) is 6.20. The first-order valence-corrected chi connectivity index (χ1v) is 5.33. The van der Waals surface area contributed by atoms with Crippen molar-refractivity contribution in [2.24, 2.45) is 0 Å². The minimum absolute atomic E-state index is 0.806. The number of allylic oxidation sites excluding steroid dienone is 6. The van der Waals surface area contributed by atoms with Crippen molar-refractivity contribution in [1.29, 1.82) is 0 Å². The molecule has 0 N–H and O–H groups in total. The van der Waals surface area contributed by atoms with Crippen LogP contribution in [-0.4, -0.2) is 6.61 Å². The van der Waals surface area contributed by atoms with E-state index in [0.29, 0.717) is 0 Å². The molecule has 0 aromatic carbocycles. The Labute approximate surface area is 95.2 Å². The summed E-state index contributed by atoms with van der Waals surface area (Å²) in [6, 6.07) is 0. The van der Waals surface area contributed by atoms with Crippen LogP contribution >= 0.6 is 23.0 Å². The molecule has 0 amide bonds. The third-order valence-electron chi connectivity index (χ3n) is 1.56. The fourth-order valence-corrected chi connectivity index (χ4v) is 0.828. The Bertz CT molecular complexity index is 212. The third kappa shape index (κ3) is 8.25. The van der Waals surface area contributed by atoms with Gasteiger partial charge in [-0.15, -0.1) is 0 Å². The molecule has 1 aliphatic carbocycles. The summed E-state index contributed by atoms with van der Waals surface area (Å²) in [5.41, 5.74) is 2.77. The monoisotopic (exact) mass is 292 g/mol. The molecule has 0 saturated carbocycles. The van der Waals surface area contributed by atoms with Crippen LogP contribution < -0.4 is 0 Å². The van der Waals surface area contributed by atoms with Gasteiger partial charge in [-0.1, -0.05) is 35.5 Å². The maximum absolute atomic E-state index is 4.51. The average Bonchev–Trinajstić information content (AvgIpc) is 2.32. The standard InChI is InChI=1S/C9H12.C2H5IO/c1-8-4-3-5-9(2)7-6-8;1-2-4-3/h3-4,6-7H,5H2,1-2H3;2H2,1H3. The van der Waals surface area contributed by atoms with E-state index in [4.69, 9.17) is 0 Å².